The minimum Gasteiger partial charge on any atom is -0.494 e. The highest BCUT2D eigenvalue weighted by atomic mass is 16.5. The molecule has 0 aliphatic rings. The van der Waals surface area contributed by atoms with Crippen molar-refractivity contribution < 1.29 is 19.1 Å². The Balaban J connectivity index is 2.00. The quantitative estimate of drug-likeness (QED) is 0.540. The SMILES string of the molecule is CCOC(=O)CCNC(=O)NCCCOc1ccc(C)cc1. The van der Waals surface area contributed by atoms with Gasteiger partial charge in [0, 0.05) is 13.1 Å². The molecule has 0 aromatic heterocycles. The van der Waals surface area contributed by atoms with Gasteiger partial charge in [-0.1, -0.05) is 17.7 Å². The first-order chi connectivity index (χ1) is 10.6. The molecule has 22 heavy (non-hydrogen) atoms. The van der Waals surface area contributed by atoms with Gasteiger partial charge in [0.25, 0.3) is 0 Å². The smallest absolute Gasteiger partial charge is 0.314 e. The largest absolute Gasteiger partial charge is 0.494 e. The van der Waals surface area contributed by atoms with Crippen LogP contribution in [0.1, 0.15) is 25.3 Å². The highest BCUT2D eigenvalue weighted by Gasteiger charge is 2.03. The number of hydrogen-bond acceptors (Lipinski definition) is 4. The van der Waals surface area contributed by atoms with Gasteiger partial charge in [-0.05, 0) is 32.4 Å². The molecule has 0 fully saturated rings. The van der Waals surface area contributed by atoms with Crippen LogP contribution in [0, 0.1) is 6.92 Å². The molecule has 0 unspecified atom stereocenters. The van der Waals surface area contributed by atoms with E-state index in [1.165, 1.54) is 5.56 Å². The van der Waals surface area contributed by atoms with E-state index in [2.05, 4.69) is 10.6 Å². The van der Waals surface area contributed by atoms with Crippen LogP contribution >= 0.6 is 0 Å². The van der Waals surface area contributed by atoms with Crippen molar-refractivity contribution in [3.8, 4) is 5.75 Å². The van der Waals surface area contributed by atoms with Crippen LogP contribution in [0.25, 0.3) is 0 Å². The number of rotatable bonds is 9. The van der Waals surface area contributed by atoms with Crippen molar-refractivity contribution in [1.29, 1.82) is 0 Å². The van der Waals surface area contributed by atoms with Crippen LogP contribution < -0.4 is 15.4 Å². The molecule has 2 amide bonds. The van der Waals surface area contributed by atoms with Crippen LogP contribution in [0.4, 0.5) is 4.79 Å². The predicted molar refractivity (Wildman–Crippen MR) is 83.9 cm³/mol. The van der Waals surface area contributed by atoms with Gasteiger partial charge in [-0.2, -0.15) is 0 Å². The number of carbonyl (C=O) groups excluding carboxylic acids is 2. The van der Waals surface area contributed by atoms with Crippen molar-refractivity contribution in [2.75, 3.05) is 26.3 Å². The molecule has 1 rings (SSSR count). The van der Waals surface area contributed by atoms with Crippen molar-refractivity contribution >= 4 is 12.0 Å². The average molecular weight is 308 g/mol. The monoisotopic (exact) mass is 308 g/mol. The summed E-state index contributed by atoms with van der Waals surface area (Å²) < 4.78 is 10.3. The zero-order valence-corrected chi connectivity index (χ0v) is 13.2. The molecule has 0 bridgehead atoms. The molecule has 122 valence electrons. The van der Waals surface area contributed by atoms with Crippen molar-refractivity contribution in [2.45, 2.75) is 26.7 Å². The fourth-order valence-corrected chi connectivity index (χ4v) is 1.67. The molecule has 0 atom stereocenters. The van der Waals surface area contributed by atoms with Crippen LogP contribution in [-0.2, 0) is 9.53 Å². The van der Waals surface area contributed by atoms with E-state index in [9.17, 15) is 9.59 Å². The van der Waals surface area contributed by atoms with Crippen molar-refractivity contribution in [1.82, 2.24) is 10.6 Å². The zero-order valence-electron chi connectivity index (χ0n) is 13.2. The third-order valence-electron chi connectivity index (χ3n) is 2.82. The van der Waals surface area contributed by atoms with Crippen molar-refractivity contribution in [3.63, 3.8) is 0 Å². The minimum atomic E-state index is -0.311. The summed E-state index contributed by atoms with van der Waals surface area (Å²) in [6.07, 6.45) is 0.886. The Labute approximate surface area is 131 Å². The lowest BCUT2D eigenvalue weighted by molar-refractivity contribution is -0.142. The second-order valence-electron chi connectivity index (χ2n) is 4.75. The molecule has 0 heterocycles. The Morgan fingerprint density at radius 1 is 1.09 bits per heavy atom. The molecule has 1 aromatic rings. The number of aryl methyl sites for hydroxylation is 1. The lowest BCUT2D eigenvalue weighted by Crippen LogP contribution is -2.37. The summed E-state index contributed by atoms with van der Waals surface area (Å²) in [7, 11) is 0. The summed E-state index contributed by atoms with van der Waals surface area (Å²) in [5.41, 5.74) is 1.19. The fourth-order valence-electron chi connectivity index (χ4n) is 1.67. The van der Waals surface area contributed by atoms with Gasteiger partial charge in [0.1, 0.15) is 5.75 Å². The third-order valence-corrected chi connectivity index (χ3v) is 2.82. The van der Waals surface area contributed by atoms with Crippen LogP contribution in [0.5, 0.6) is 5.75 Å². The van der Waals surface area contributed by atoms with Gasteiger partial charge in [-0.25, -0.2) is 4.79 Å². The minimum absolute atomic E-state index is 0.178. The predicted octanol–water partition coefficient (Wildman–Crippen LogP) is 2.02. The molecule has 0 saturated heterocycles. The average Bonchev–Trinajstić information content (AvgIpc) is 2.49. The molecular formula is C16H24N2O4. The van der Waals surface area contributed by atoms with E-state index < -0.39 is 0 Å². The summed E-state index contributed by atoms with van der Waals surface area (Å²) in [5, 5.41) is 5.30. The van der Waals surface area contributed by atoms with Gasteiger partial charge in [0.2, 0.25) is 0 Å². The summed E-state index contributed by atoms with van der Waals surface area (Å²) in [6.45, 7) is 5.44. The molecule has 0 saturated carbocycles. The summed E-state index contributed by atoms with van der Waals surface area (Å²) in [4.78, 5) is 22.5. The Hall–Kier alpha value is -2.24. The van der Waals surface area contributed by atoms with Crippen LogP contribution in [0.3, 0.4) is 0 Å². The first kappa shape index (κ1) is 17.8. The number of amides is 2. The first-order valence-corrected chi connectivity index (χ1v) is 7.48. The van der Waals surface area contributed by atoms with Crippen molar-refractivity contribution in [2.24, 2.45) is 0 Å². The van der Waals surface area contributed by atoms with E-state index in [1.54, 1.807) is 6.92 Å². The lowest BCUT2D eigenvalue weighted by Gasteiger charge is -2.08. The Morgan fingerprint density at radius 3 is 2.45 bits per heavy atom. The molecule has 0 aliphatic carbocycles. The summed E-state index contributed by atoms with van der Waals surface area (Å²) in [6, 6.07) is 7.53. The number of carbonyl (C=O) groups is 2. The zero-order chi connectivity index (χ0) is 16.2. The topological polar surface area (TPSA) is 76.7 Å². The van der Waals surface area contributed by atoms with Gasteiger partial charge < -0.3 is 20.1 Å². The van der Waals surface area contributed by atoms with E-state index in [0.717, 1.165) is 5.75 Å². The van der Waals surface area contributed by atoms with E-state index in [4.69, 9.17) is 9.47 Å². The molecule has 6 heteroatoms. The van der Waals surface area contributed by atoms with E-state index >= 15 is 0 Å². The maximum atomic E-state index is 11.4. The third kappa shape index (κ3) is 8.14. The number of nitrogens with one attached hydrogen (secondary N) is 2. The number of benzene rings is 1. The molecule has 0 spiro atoms. The highest BCUT2D eigenvalue weighted by molar-refractivity contribution is 5.75. The fraction of sp³-hybridized carbons (Fsp3) is 0.500. The molecule has 0 radical (unpaired) electrons. The van der Waals surface area contributed by atoms with Gasteiger partial charge >= 0.3 is 12.0 Å². The van der Waals surface area contributed by atoms with Crippen LogP contribution in [0.2, 0.25) is 0 Å². The number of urea groups is 1. The highest BCUT2D eigenvalue weighted by Crippen LogP contribution is 2.11. The number of esters is 1. The Kier molecular flexibility index (Phi) is 8.49. The summed E-state index contributed by atoms with van der Waals surface area (Å²) >= 11 is 0. The van der Waals surface area contributed by atoms with Gasteiger partial charge in [-0.15, -0.1) is 0 Å². The Morgan fingerprint density at radius 2 is 1.77 bits per heavy atom. The maximum Gasteiger partial charge on any atom is 0.314 e. The maximum absolute atomic E-state index is 11.4. The first-order valence-electron chi connectivity index (χ1n) is 7.48. The molecule has 6 nitrogen and oxygen atoms in total. The molecule has 1 aromatic carbocycles. The number of ether oxygens (including phenoxy) is 2. The van der Waals surface area contributed by atoms with E-state index in [1.807, 2.05) is 31.2 Å². The standard InChI is InChI=1S/C16H24N2O4/c1-3-21-15(19)9-11-18-16(20)17-10-4-12-22-14-7-5-13(2)6-8-14/h5-8H,3-4,9-12H2,1-2H3,(H2,17,18,20). The molecule has 2 N–H and O–H groups in total. The van der Waals surface area contributed by atoms with E-state index in [0.29, 0.717) is 26.2 Å². The second kappa shape index (κ2) is 10.5. The molecular weight excluding hydrogens is 284 g/mol. The second-order valence-corrected chi connectivity index (χ2v) is 4.75. The van der Waals surface area contributed by atoms with Gasteiger partial charge in [-0.3, -0.25) is 4.79 Å². The normalized spacial score (nSPS) is 9.91. The van der Waals surface area contributed by atoms with Crippen molar-refractivity contribution in [3.05, 3.63) is 29.8 Å². The van der Waals surface area contributed by atoms with Gasteiger partial charge in [0.05, 0.1) is 19.6 Å². The van der Waals surface area contributed by atoms with E-state index in [-0.39, 0.29) is 25.0 Å². The Bertz CT molecular complexity index is 460. The van der Waals surface area contributed by atoms with Crippen LogP contribution in [0.15, 0.2) is 24.3 Å². The number of hydrogen-bond donors (Lipinski definition) is 2. The summed E-state index contributed by atoms with van der Waals surface area (Å²) in [5.74, 6) is 0.513. The molecule has 0 aliphatic heterocycles. The lowest BCUT2D eigenvalue weighted by atomic mass is 10.2. The van der Waals surface area contributed by atoms with Gasteiger partial charge in [0.15, 0.2) is 0 Å². The van der Waals surface area contributed by atoms with Crippen LogP contribution in [-0.4, -0.2) is 38.3 Å².